The van der Waals surface area contributed by atoms with Crippen LogP contribution in [0.25, 0.3) is 11.1 Å². The molecule has 1 aliphatic heterocycles. The number of fused-ring (bicyclic) bond motifs is 3. The highest BCUT2D eigenvalue weighted by Crippen LogP contribution is 2.38. The van der Waals surface area contributed by atoms with Gasteiger partial charge in [0.15, 0.2) is 0 Å². The molecule has 0 aliphatic carbocycles. The van der Waals surface area contributed by atoms with Crippen LogP contribution >= 0.6 is 0 Å². The highest BCUT2D eigenvalue weighted by Gasteiger charge is 2.24. The Morgan fingerprint density at radius 2 is 1.77 bits per heavy atom. The Morgan fingerprint density at radius 1 is 1.06 bits per heavy atom. The van der Waals surface area contributed by atoms with Gasteiger partial charge in [0.1, 0.15) is 5.82 Å². The Balaban J connectivity index is 2.00. The van der Waals surface area contributed by atoms with Gasteiger partial charge in [0, 0.05) is 41.7 Å². The van der Waals surface area contributed by atoms with E-state index in [-0.39, 0.29) is 23.2 Å². The van der Waals surface area contributed by atoms with E-state index in [4.69, 9.17) is 4.99 Å². The summed E-state index contributed by atoms with van der Waals surface area (Å²) < 4.78 is 41.8. The Labute approximate surface area is 180 Å². The number of anilines is 1. The monoisotopic (exact) mass is 439 g/mol. The summed E-state index contributed by atoms with van der Waals surface area (Å²) in [4.78, 5) is 17.2. The van der Waals surface area contributed by atoms with Crippen LogP contribution in [-0.4, -0.2) is 24.4 Å². The predicted molar refractivity (Wildman–Crippen MR) is 121 cm³/mol. The third-order valence-corrected chi connectivity index (χ3v) is 6.68. The summed E-state index contributed by atoms with van der Waals surface area (Å²) in [5.74, 6) is -0.393. The molecule has 0 fully saturated rings. The lowest BCUT2D eigenvalue weighted by atomic mass is 9.92. The zero-order valence-corrected chi connectivity index (χ0v) is 18.2. The second-order valence-corrected chi connectivity index (χ2v) is 9.53. The van der Waals surface area contributed by atoms with E-state index in [1.54, 1.807) is 56.6 Å². The van der Waals surface area contributed by atoms with Gasteiger partial charge < -0.3 is 4.57 Å². The lowest BCUT2D eigenvalue weighted by molar-refractivity contribution is 0.602. The minimum absolute atomic E-state index is 0.0471. The van der Waals surface area contributed by atoms with Gasteiger partial charge in [0.2, 0.25) is 10.0 Å². The van der Waals surface area contributed by atoms with Gasteiger partial charge in [-0.3, -0.25) is 14.5 Å². The van der Waals surface area contributed by atoms with Gasteiger partial charge in [-0.25, -0.2) is 12.8 Å². The van der Waals surface area contributed by atoms with Gasteiger partial charge in [0.25, 0.3) is 5.56 Å². The molecule has 31 heavy (non-hydrogen) atoms. The maximum absolute atomic E-state index is 13.5. The van der Waals surface area contributed by atoms with Gasteiger partial charge in [0.05, 0.1) is 17.5 Å². The number of halogens is 1. The fourth-order valence-electron chi connectivity index (χ4n) is 3.67. The molecule has 0 radical (unpaired) electrons. The largest absolute Gasteiger partial charge is 0.318 e. The van der Waals surface area contributed by atoms with Crippen molar-refractivity contribution < 1.29 is 12.8 Å². The SMILES string of the molecule is CCS(=O)(=O)Nc1ccc2c(c1)-c1cn(C)c(=O)cc1[C@H](C)N=C2c1ccc(F)cc1. The van der Waals surface area contributed by atoms with Crippen LogP contribution in [0.5, 0.6) is 0 Å². The average molecular weight is 440 g/mol. The fraction of sp³-hybridized carbons (Fsp3) is 0.217. The molecule has 1 aromatic heterocycles. The summed E-state index contributed by atoms with van der Waals surface area (Å²) in [6.07, 6.45) is 1.74. The molecule has 0 spiro atoms. The van der Waals surface area contributed by atoms with Crippen molar-refractivity contribution in [3.05, 3.63) is 87.6 Å². The van der Waals surface area contributed by atoms with Crippen molar-refractivity contribution in [2.45, 2.75) is 19.9 Å². The average Bonchev–Trinajstić information content (AvgIpc) is 2.84. The zero-order valence-electron chi connectivity index (χ0n) is 17.4. The van der Waals surface area contributed by atoms with Crippen LogP contribution < -0.4 is 10.3 Å². The number of nitrogens with zero attached hydrogens (tertiary/aromatic N) is 2. The standard InChI is InChI=1S/C23H22FN3O3S/c1-4-31(29,30)26-17-9-10-18-20(11-17)21-13-27(3)22(28)12-19(21)14(2)25-23(18)15-5-7-16(24)8-6-15/h5-14,26H,4H2,1-3H3/t14-/m0/s1. The number of aryl methyl sites for hydroxylation is 1. The Morgan fingerprint density at radius 3 is 2.45 bits per heavy atom. The molecule has 0 bridgehead atoms. The molecule has 8 heteroatoms. The smallest absolute Gasteiger partial charge is 0.250 e. The molecule has 6 nitrogen and oxygen atoms in total. The number of hydrogen-bond acceptors (Lipinski definition) is 4. The van der Waals surface area contributed by atoms with Crippen LogP contribution in [0.15, 0.2) is 64.5 Å². The number of pyridine rings is 1. The van der Waals surface area contributed by atoms with Crippen molar-refractivity contribution in [3.8, 4) is 11.1 Å². The van der Waals surface area contributed by atoms with E-state index in [1.807, 2.05) is 6.92 Å². The number of hydrogen-bond donors (Lipinski definition) is 1. The summed E-state index contributed by atoms with van der Waals surface area (Å²) in [6.45, 7) is 3.46. The Kier molecular flexibility index (Phi) is 5.26. The topological polar surface area (TPSA) is 80.5 Å². The highest BCUT2D eigenvalue weighted by atomic mass is 32.2. The van der Waals surface area contributed by atoms with Gasteiger partial charge >= 0.3 is 0 Å². The first-order chi connectivity index (χ1) is 14.7. The lowest BCUT2D eigenvalue weighted by Crippen LogP contribution is -2.17. The number of aliphatic imine (C=N–C) groups is 1. The number of nitrogens with one attached hydrogen (secondary N) is 1. The second-order valence-electron chi connectivity index (χ2n) is 7.52. The maximum atomic E-state index is 13.5. The molecule has 160 valence electrons. The summed E-state index contributed by atoms with van der Waals surface area (Å²) in [7, 11) is -1.79. The normalized spacial score (nSPS) is 15.5. The fourth-order valence-corrected chi connectivity index (χ4v) is 4.30. The molecule has 0 saturated carbocycles. The van der Waals surface area contributed by atoms with Crippen molar-refractivity contribution in [2.24, 2.45) is 12.0 Å². The molecule has 4 rings (SSSR count). The Bertz CT molecular complexity index is 1360. The van der Waals surface area contributed by atoms with Crippen LogP contribution in [0.4, 0.5) is 10.1 Å². The number of aromatic nitrogens is 1. The van der Waals surface area contributed by atoms with Crippen LogP contribution in [0, 0.1) is 5.82 Å². The molecular formula is C23H22FN3O3S. The zero-order chi connectivity index (χ0) is 22.3. The van der Waals surface area contributed by atoms with E-state index in [2.05, 4.69) is 4.72 Å². The summed E-state index contributed by atoms with van der Waals surface area (Å²) in [5, 5.41) is 0. The Hall–Kier alpha value is -3.26. The maximum Gasteiger partial charge on any atom is 0.250 e. The predicted octanol–water partition coefficient (Wildman–Crippen LogP) is 3.87. The van der Waals surface area contributed by atoms with Gasteiger partial charge in [-0.15, -0.1) is 0 Å². The minimum atomic E-state index is -3.46. The molecule has 0 unspecified atom stereocenters. The highest BCUT2D eigenvalue weighted by molar-refractivity contribution is 7.92. The molecule has 2 aromatic carbocycles. The van der Waals surface area contributed by atoms with E-state index in [9.17, 15) is 17.6 Å². The first kappa shape index (κ1) is 21.0. The summed E-state index contributed by atoms with van der Waals surface area (Å²) in [5.41, 5.74) is 4.71. The van der Waals surface area contributed by atoms with Crippen molar-refractivity contribution in [2.75, 3.05) is 10.5 Å². The van der Waals surface area contributed by atoms with E-state index in [0.717, 1.165) is 27.8 Å². The number of benzene rings is 2. The van der Waals surface area contributed by atoms with Gasteiger partial charge in [-0.05, 0) is 61.4 Å². The van der Waals surface area contributed by atoms with Crippen LogP contribution in [0.3, 0.4) is 0 Å². The molecule has 1 aliphatic rings. The molecular weight excluding hydrogens is 417 g/mol. The van der Waals surface area contributed by atoms with E-state index >= 15 is 0 Å². The van der Waals surface area contributed by atoms with E-state index < -0.39 is 10.0 Å². The van der Waals surface area contributed by atoms with Gasteiger partial charge in [-0.1, -0.05) is 6.07 Å². The lowest BCUT2D eigenvalue weighted by Gasteiger charge is -2.15. The van der Waals surface area contributed by atoms with Crippen molar-refractivity contribution >= 4 is 21.4 Å². The third-order valence-electron chi connectivity index (χ3n) is 5.37. The first-order valence-electron chi connectivity index (χ1n) is 9.88. The van der Waals surface area contributed by atoms with E-state index in [0.29, 0.717) is 11.4 Å². The molecule has 3 aromatic rings. The van der Waals surface area contributed by atoms with E-state index in [1.165, 1.54) is 16.7 Å². The molecule has 2 heterocycles. The molecule has 1 atom stereocenters. The molecule has 1 N–H and O–H groups in total. The van der Waals surface area contributed by atoms with Gasteiger partial charge in [-0.2, -0.15) is 0 Å². The van der Waals surface area contributed by atoms with Crippen molar-refractivity contribution in [1.29, 1.82) is 0 Å². The quantitative estimate of drug-likeness (QED) is 0.670. The first-order valence-corrected chi connectivity index (χ1v) is 11.5. The molecule has 0 saturated heterocycles. The second kappa shape index (κ2) is 7.77. The van der Waals surface area contributed by atoms with Crippen LogP contribution in [-0.2, 0) is 17.1 Å². The van der Waals surface area contributed by atoms with Crippen LogP contribution in [0.2, 0.25) is 0 Å². The minimum Gasteiger partial charge on any atom is -0.318 e. The third kappa shape index (κ3) is 4.03. The number of rotatable bonds is 4. The van der Waals surface area contributed by atoms with Crippen molar-refractivity contribution in [3.63, 3.8) is 0 Å². The van der Waals surface area contributed by atoms with Crippen LogP contribution in [0.1, 0.15) is 36.6 Å². The number of sulfonamides is 1. The summed E-state index contributed by atoms with van der Waals surface area (Å²) in [6, 6.07) is 12.5. The van der Waals surface area contributed by atoms with Crippen molar-refractivity contribution in [1.82, 2.24) is 4.57 Å². The summed E-state index contributed by atoms with van der Waals surface area (Å²) >= 11 is 0. The molecule has 0 amide bonds.